The fraction of sp³-hybridized carbons (Fsp3) is 0.200. The van der Waals surface area contributed by atoms with Gasteiger partial charge in [0.25, 0.3) is 0 Å². The molecule has 16 heavy (non-hydrogen) atoms. The van der Waals surface area contributed by atoms with Crippen LogP contribution in [0.25, 0.3) is 11.5 Å². The summed E-state index contributed by atoms with van der Waals surface area (Å²) in [6, 6.07) is 1.66. The molecule has 0 bridgehead atoms. The van der Waals surface area contributed by atoms with Gasteiger partial charge in [-0.25, -0.2) is 15.0 Å². The van der Waals surface area contributed by atoms with Crippen LogP contribution >= 0.6 is 11.6 Å². The summed E-state index contributed by atoms with van der Waals surface area (Å²) in [5.74, 6) is 0.452. The van der Waals surface area contributed by atoms with Gasteiger partial charge in [-0.3, -0.25) is 4.98 Å². The molecular weight excluding hydrogens is 228 g/mol. The van der Waals surface area contributed by atoms with Crippen molar-refractivity contribution in [2.45, 2.75) is 6.61 Å². The number of nitrogens with zero attached hydrogens (tertiary/aromatic N) is 4. The highest BCUT2D eigenvalue weighted by molar-refractivity contribution is 6.29. The van der Waals surface area contributed by atoms with Crippen molar-refractivity contribution < 1.29 is 4.74 Å². The summed E-state index contributed by atoms with van der Waals surface area (Å²) in [6.07, 6.45) is 4.75. The Hall–Kier alpha value is -1.59. The van der Waals surface area contributed by atoms with E-state index in [0.29, 0.717) is 29.0 Å². The van der Waals surface area contributed by atoms with Gasteiger partial charge in [-0.2, -0.15) is 0 Å². The molecule has 0 saturated heterocycles. The molecule has 0 aliphatic heterocycles. The first-order valence-corrected chi connectivity index (χ1v) is 4.96. The number of hydrogen-bond donors (Lipinski definition) is 0. The quantitative estimate of drug-likeness (QED) is 0.760. The first-order chi connectivity index (χ1) is 7.79. The van der Waals surface area contributed by atoms with E-state index in [4.69, 9.17) is 16.3 Å². The van der Waals surface area contributed by atoms with Crippen LogP contribution in [-0.4, -0.2) is 27.0 Å². The van der Waals surface area contributed by atoms with E-state index in [0.717, 1.165) is 0 Å². The largest absolute Gasteiger partial charge is 0.378 e. The van der Waals surface area contributed by atoms with Gasteiger partial charge in [0.15, 0.2) is 5.82 Å². The lowest BCUT2D eigenvalue weighted by Crippen LogP contribution is -1.99. The smallest absolute Gasteiger partial charge is 0.181 e. The molecule has 2 heterocycles. The SMILES string of the molecule is COCc1cc(Cl)nc(-c2cnccn2)n1. The Kier molecular flexibility index (Phi) is 3.38. The third-order valence-electron chi connectivity index (χ3n) is 1.83. The van der Waals surface area contributed by atoms with Crippen molar-refractivity contribution in [2.24, 2.45) is 0 Å². The first kappa shape index (κ1) is 10.9. The minimum Gasteiger partial charge on any atom is -0.378 e. The van der Waals surface area contributed by atoms with Crippen LogP contribution in [0.3, 0.4) is 0 Å². The summed E-state index contributed by atoms with van der Waals surface area (Å²) in [7, 11) is 1.60. The maximum absolute atomic E-state index is 5.88. The number of rotatable bonds is 3. The molecule has 0 atom stereocenters. The molecule has 0 spiro atoms. The fourth-order valence-corrected chi connectivity index (χ4v) is 1.42. The second-order valence-corrected chi connectivity index (χ2v) is 3.42. The fourth-order valence-electron chi connectivity index (χ4n) is 1.22. The molecule has 0 N–H and O–H groups in total. The first-order valence-electron chi connectivity index (χ1n) is 4.58. The van der Waals surface area contributed by atoms with E-state index in [9.17, 15) is 0 Å². The van der Waals surface area contributed by atoms with E-state index in [-0.39, 0.29) is 0 Å². The van der Waals surface area contributed by atoms with E-state index < -0.39 is 0 Å². The molecule has 0 aliphatic carbocycles. The third kappa shape index (κ3) is 2.50. The molecule has 0 amide bonds. The van der Waals surface area contributed by atoms with Crippen LogP contribution < -0.4 is 0 Å². The Bertz CT molecular complexity index is 478. The van der Waals surface area contributed by atoms with Crippen molar-refractivity contribution in [3.63, 3.8) is 0 Å². The van der Waals surface area contributed by atoms with Crippen LogP contribution in [-0.2, 0) is 11.3 Å². The van der Waals surface area contributed by atoms with Crippen LogP contribution in [0.5, 0.6) is 0 Å². The maximum atomic E-state index is 5.88. The van der Waals surface area contributed by atoms with E-state index in [1.807, 2.05) is 0 Å². The van der Waals surface area contributed by atoms with Crippen molar-refractivity contribution in [3.05, 3.63) is 35.5 Å². The predicted octanol–water partition coefficient (Wildman–Crippen LogP) is 1.73. The Labute approximate surface area is 97.5 Å². The summed E-state index contributed by atoms with van der Waals surface area (Å²) >= 11 is 5.88. The Morgan fingerprint density at radius 3 is 2.88 bits per heavy atom. The summed E-state index contributed by atoms with van der Waals surface area (Å²) in [6.45, 7) is 0.384. The van der Waals surface area contributed by atoms with Crippen molar-refractivity contribution in [2.75, 3.05) is 7.11 Å². The van der Waals surface area contributed by atoms with E-state index in [1.54, 1.807) is 31.8 Å². The van der Waals surface area contributed by atoms with Crippen LogP contribution in [0.15, 0.2) is 24.7 Å². The van der Waals surface area contributed by atoms with Gasteiger partial charge in [-0.1, -0.05) is 11.6 Å². The van der Waals surface area contributed by atoms with Crippen molar-refractivity contribution in [1.29, 1.82) is 0 Å². The van der Waals surface area contributed by atoms with E-state index in [1.165, 1.54) is 0 Å². The van der Waals surface area contributed by atoms with Gasteiger partial charge < -0.3 is 4.74 Å². The van der Waals surface area contributed by atoms with Gasteiger partial charge in [-0.15, -0.1) is 0 Å². The van der Waals surface area contributed by atoms with E-state index >= 15 is 0 Å². The standard InChI is InChI=1S/C10H9ClN4O/c1-16-6-7-4-9(11)15-10(14-7)8-5-12-2-3-13-8/h2-5H,6H2,1H3. The summed E-state index contributed by atoms with van der Waals surface area (Å²) in [5, 5.41) is 0.364. The molecule has 82 valence electrons. The lowest BCUT2D eigenvalue weighted by Gasteiger charge is -2.03. The average Bonchev–Trinajstić information content (AvgIpc) is 2.30. The number of halogens is 1. The number of ether oxygens (including phenoxy) is 1. The van der Waals surface area contributed by atoms with Gasteiger partial charge in [0, 0.05) is 19.5 Å². The lowest BCUT2D eigenvalue weighted by molar-refractivity contribution is 0.181. The second kappa shape index (κ2) is 4.96. The lowest BCUT2D eigenvalue weighted by atomic mass is 10.3. The molecule has 2 rings (SSSR count). The van der Waals surface area contributed by atoms with Gasteiger partial charge in [0.2, 0.25) is 0 Å². The van der Waals surface area contributed by atoms with E-state index in [2.05, 4.69) is 19.9 Å². The Morgan fingerprint density at radius 1 is 1.31 bits per heavy atom. The zero-order valence-electron chi connectivity index (χ0n) is 8.59. The molecule has 0 saturated carbocycles. The highest BCUT2D eigenvalue weighted by Crippen LogP contribution is 2.15. The molecule has 0 unspecified atom stereocenters. The maximum Gasteiger partial charge on any atom is 0.181 e. The zero-order valence-corrected chi connectivity index (χ0v) is 9.35. The molecule has 2 aromatic rings. The minimum absolute atomic E-state index is 0.364. The molecule has 0 aliphatic rings. The van der Waals surface area contributed by atoms with Crippen LogP contribution in [0.4, 0.5) is 0 Å². The molecule has 5 nitrogen and oxygen atoms in total. The monoisotopic (exact) mass is 236 g/mol. The number of methoxy groups -OCH3 is 1. The molecule has 2 aromatic heterocycles. The van der Waals surface area contributed by atoms with Gasteiger partial charge in [-0.05, 0) is 6.07 Å². The van der Waals surface area contributed by atoms with Gasteiger partial charge >= 0.3 is 0 Å². The van der Waals surface area contributed by atoms with Gasteiger partial charge in [0.05, 0.1) is 18.5 Å². The minimum atomic E-state index is 0.364. The average molecular weight is 237 g/mol. The number of aromatic nitrogens is 4. The van der Waals surface area contributed by atoms with Crippen LogP contribution in [0.2, 0.25) is 5.15 Å². The normalized spacial score (nSPS) is 10.4. The summed E-state index contributed by atoms with van der Waals surface area (Å²) in [5.41, 5.74) is 1.30. The third-order valence-corrected chi connectivity index (χ3v) is 2.03. The highest BCUT2D eigenvalue weighted by Gasteiger charge is 2.06. The zero-order chi connectivity index (χ0) is 11.4. The van der Waals surface area contributed by atoms with Crippen molar-refractivity contribution in [3.8, 4) is 11.5 Å². The molecule has 0 radical (unpaired) electrons. The molecule has 0 aromatic carbocycles. The Morgan fingerprint density at radius 2 is 2.19 bits per heavy atom. The summed E-state index contributed by atoms with van der Waals surface area (Å²) < 4.78 is 4.99. The number of hydrogen-bond acceptors (Lipinski definition) is 5. The highest BCUT2D eigenvalue weighted by atomic mass is 35.5. The predicted molar refractivity (Wildman–Crippen MR) is 58.8 cm³/mol. The van der Waals surface area contributed by atoms with Crippen molar-refractivity contribution >= 4 is 11.6 Å². The topological polar surface area (TPSA) is 60.8 Å². The summed E-state index contributed by atoms with van der Waals surface area (Å²) in [4.78, 5) is 16.4. The van der Waals surface area contributed by atoms with Gasteiger partial charge in [0.1, 0.15) is 10.8 Å². The Balaban J connectivity index is 2.41. The molecule has 6 heteroatoms. The molecular formula is C10H9ClN4O. The van der Waals surface area contributed by atoms with Crippen LogP contribution in [0, 0.1) is 0 Å². The van der Waals surface area contributed by atoms with Crippen LogP contribution in [0.1, 0.15) is 5.69 Å². The second-order valence-electron chi connectivity index (χ2n) is 3.03. The van der Waals surface area contributed by atoms with Crippen molar-refractivity contribution in [1.82, 2.24) is 19.9 Å². The molecule has 0 fully saturated rings.